The second kappa shape index (κ2) is 7.01. The van der Waals surface area contributed by atoms with Crippen LogP contribution in [0, 0.1) is 0 Å². The number of fused-ring (bicyclic) bond motifs is 1. The number of anilines is 1. The van der Waals surface area contributed by atoms with Gasteiger partial charge in [-0.15, -0.1) is 0 Å². The lowest BCUT2D eigenvalue weighted by Crippen LogP contribution is -2.43. The quantitative estimate of drug-likeness (QED) is 0.831. The summed E-state index contributed by atoms with van der Waals surface area (Å²) in [5, 5.41) is 0. The van der Waals surface area contributed by atoms with Crippen LogP contribution in [0.3, 0.4) is 0 Å². The van der Waals surface area contributed by atoms with Crippen molar-refractivity contribution in [3.05, 3.63) is 23.8 Å². The summed E-state index contributed by atoms with van der Waals surface area (Å²) in [7, 11) is 1.45. The molecule has 0 aliphatic carbocycles. The molecule has 1 fully saturated rings. The predicted octanol–water partition coefficient (Wildman–Crippen LogP) is 1.38. The molecule has 0 radical (unpaired) electrons. The molecular weight excluding hydrogens is 364 g/mol. The Hall–Kier alpha value is -2.91. The Balaban J connectivity index is 1.81. The fourth-order valence-electron chi connectivity index (χ4n) is 3.05. The number of amides is 3. The molecule has 0 saturated carbocycles. The number of primary amides is 1. The van der Waals surface area contributed by atoms with Crippen molar-refractivity contribution in [2.24, 2.45) is 5.73 Å². The summed E-state index contributed by atoms with van der Waals surface area (Å²) < 4.78 is 36.8. The van der Waals surface area contributed by atoms with Gasteiger partial charge in [0.1, 0.15) is 12.4 Å². The Kier molecular flexibility index (Phi) is 4.90. The summed E-state index contributed by atoms with van der Waals surface area (Å²) in [5.74, 6) is -3.39. The van der Waals surface area contributed by atoms with E-state index in [9.17, 15) is 23.2 Å². The van der Waals surface area contributed by atoms with Gasteiger partial charge in [-0.1, -0.05) is 0 Å². The van der Waals surface area contributed by atoms with E-state index in [4.69, 9.17) is 15.2 Å². The van der Waals surface area contributed by atoms with Crippen LogP contribution in [-0.4, -0.2) is 61.6 Å². The van der Waals surface area contributed by atoms with Crippen LogP contribution in [0.4, 0.5) is 19.3 Å². The van der Waals surface area contributed by atoms with Gasteiger partial charge in [-0.25, -0.2) is 13.6 Å². The number of nitrogens with zero attached hydrogens (tertiary/aromatic N) is 2. The summed E-state index contributed by atoms with van der Waals surface area (Å²) in [6.45, 7) is -0.293. The molecule has 2 aliphatic rings. The molecule has 3 amide bonds. The number of benzene rings is 1. The smallest absolute Gasteiger partial charge is 0.405 e. The van der Waals surface area contributed by atoms with Crippen LogP contribution in [0.5, 0.6) is 5.75 Å². The van der Waals surface area contributed by atoms with Crippen molar-refractivity contribution in [2.45, 2.75) is 24.9 Å². The Bertz CT molecular complexity index is 776. The van der Waals surface area contributed by atoms with E-state index in [2.05, 4.69) is 0 Å². The van der Waals surface area contributed by atoms with E-state index in [0.717, 1.165) is 0 Å². The predicted molar refractivity (Wildman–Crippen MR) is 89.9 cm³/mol. The van der Waals surface area contributed by atoms with Crippen molar-refractivity contribution in [3.63, 3.8) is 0 Å². The highest BCUT2D eigenvalue weighted by atomic mass is 19.3. The minimum atomic E-state index is -2.75. The minimum Gasteiger partial charge on any atom is -0.487 e. The monoisotopic (exact) mass is 383 g/mol. The molecule has 2 heterocycles. The molecular formula is C17H19F2N3O5. The molecule has 10 heteroatoms. The van der Waals surface area contributed by atoms with Gasteiger partial charge >= 0.3 is 6.09 Å². The fraction of sp³-hybridized carbons (Fsp3) is 0.471. The number of carbonyl (C=O) groups is 3. The number of likely N-dealkylation sites (N-methyl/N-ethyl adjacent to an activating group) is 1. The van der Waals surface area contributed by atoms with Crippen LogP contribution >= 0.6 is 0 Å². The van der Waals surface area contributed by atoms with Crippen LogP contribution in [-0.2, 0) is 9.53 Å². The zero-order chi connectivity index (χ0) is 19.8. The molecule has 1 saturated heterocycles. The van der Waals surface area contributed by atoms with Gasteiger partial charge in [-0.3, -0.25) is 9.59 Å². The number of nitrogens with two attached hydrogens (primary N) is 1. The summed E-state index contributed by atoms with van der Waals surface area (Å²) in [6, 6.07) is 4.47. The number of piperidine rings is 1. The highest BCUT2D eigenvalue weighted by molar-refractivity contribution is 6.01. The Morgan fingerprint density at radius 2 is 1.96 bits per heavy atom. The van der Waals surface area contributed by atoms with E-state index in [1.165, 1.54) is 35.0 Å². The maximum Gasteiger partial charge on any atom is 0.405 e. The summed E-state index contributed by atoms with van der Waals surface area (Å²) in [5.41, 5.74) is 5.52. The van der Waals surface area contributed by atoms with E-state index < -0.39 is 29.9 Å². The van der Waals surface area contributed by atoms with Crippen molar-refractivity contribution < 1.29 is 32.6 Å². The zero-order valence-corrected chi connectivity index (χ0v) is 14.6. The topological polar surface area (TPSA) is 102 Å². The first kappa shape index (κ1) is 18.9. The van der Waals surface area contributed by atoms with E-state index in [1.807, 2.05) is 0 Å². The Morgan fingerprint density at radius 3 is 2.59 bits per heavy atom. The largest absolute Gasteiger partial charge is 0.487 e. The number of hydrogen-bond donors (Lipinski definition) is 1. The second-order valence-corrected chi connectivity index (χ2v) is 6.46. The van der Waals surface area contributed by atoms with E-state index in [0.29, 0.717) is 11.4 Å². The molecule has 0 aromatic heterocycles. The van der Waals surface area contributed by atoms with Crippen molar-refractivity contribution in [2.75, 3.05) is 31.6 Å². The summed E-state index contributed by atoms with van der Waals surface area (Å²) >= 11 is 0. The second-order valence-electron chi connectivity index (χ2n) is 6.46. The number of hydrogen-bond acceptors (Lipinski definition) is 5. The summed E-state index contributed by atoms with van der Waals surface area (Å²) in [4.78, 5) is 38.6. The first-order chi connectivity index (χ1) is 12.7. The highest BCUT2D eigenvalue weighted by Gasteiger charge is 2.36. The van der Waals surface area contributed by atoms with Gasteiger partial charge in [0.25, 0.3) is 17.7 Å². The van der Waals surface area contributed by atoms with Crippen LogP contribution in [0.1, 0.15) is 23.2 Å². The molecule has 27 heavy (non-hydrogen) atoms. The number of halogens is 2. The molecule has 0 spiro atoms. The lowest BCUT2D eigenvalue weighted by Gasteiger charge is -2.32. The molecule has 0 bridgehead atoms. The van der Waals surface area contributed by atoms with Crippen molar-refractivity contribution in [1.29, 1.82) is 0 Å². The van der Waals surface area contributed by atoms with Crippen LogP contribution in [0.25, 0.3) is 0 Å². The molecule has 1 aromatic carbocycles. The molecule has 0 unspecified atom stereocenters. The lowest BCUT2D eigenvalue weighted by atomic mass is 10.0. The van der Waals surface area contributed by atoms with Crippen molar-refractivity contribution >= 4 is 23.6 Å². The Morgan fingerprint density at radius 1 is 1.30 bits per heavy atom. The van der Waals surface area contributed by atoms with Crippen LogP contribution in [0.2, 0.25) is 0 Å². The van der Waals surface area contributed by atoms with Crippen LogP contribution < -0.4 is 15.4 Å². The lowest BCUT2D eigenvalue weighted by molar-refractivity contribution is -0.127. The molecule has 1 aromatic rings. The van der Waals surface area contributed by atoms with Crippen molar-refractivity contribution in [3.8, 4) is 5.75 Å². The molecule has 1 atom stereocenters. The normalized spacial score (nSPS) is 21.7. The first-order valence-electron chi connectivity index (χ1n) is 8.35. The van der Waals surface area contributed by atoms with Gasteiger partial charge in [0.15, 0.2) is 0 Å². The van der Waals surface area contributed by atoms with Gasteiger partial charge in [0.2, 0.25) is 6.10 Å². The van der Waals surface area contributed by atoms with E-state index in [1.54, 1.807) is 0 Å². The number of alkyl halides is 2. The standard InChI is InChI=1S/C17H19F2N3O5/c1-21-11-8-10(14(23)22-6-4-17(18,19)5-7-22)2-3-12(11)26-9-13(15(21)24)27-16(20)25/h2-3,8,13H,4-7,9H2,1H3,(H2,20,25)/t13-/m0/s1. The molecule has 8 nitrogen and oxygen atoms in total. The zero-order valence-electron chi connectivity index (χ0n) is 14.6. The summed E-state index contributed by atoms with van der Waals surface area (Å²) in [6.07, 6.45) is -3.06. The molecule has 2 N–H and O–H groups in total. The fourth-order valence-corrected chi connectivity index (χ4v) is 3.05. The van der Waals surface area contributed by atoms with Gasteiger partial charge in [0, 0.05) is 38.5 Å². The maximum atomic E-state index is 13.3. The Labute approximate surface area is 153 Å². The molecule has 2 aliphatic heterocycles. The number of carbonyl (C=O) groups excluding carboxylic acids is 3. The third-order valence-electron chi connectivity index (χ3n) is 4.60. The van der Waals surface area contributed by atoms with E-state index in [-0.39, 0.29) is 38.1 Å². The minimum absolute atomic E-state index is 0.0390. The van der Waals surface area contributed by atoms with Gasteiger partial charge < -0.3 is 25.0 Å². The average Bonchev–Trinajstić information content (AvgIpc) is 2.73. The molecule has 146 valence electrons. The first-order valence-corrected chi connectivity index (χ1v) is 8.35. The van der Waals surface area contributed by atoms with Crippen LogP contribution in [0.15, 0.2) is 18.2 Å². The average molecular weight is 383 g/mol. The maximum absolute atomic E-state index is 13.3. The highest BCUT2D eigenvalue weighted by Crippen LogP contribution is 2.33. The molecule has 3 rings (SSSR count). The van der Waals surface area contributed by atoms with Gasteiger partial charge in [-0.05, 0) is 18.2 Å². The number of ether oxygens (including phenoxy) is 2. The third kappa shape index (κ3) is 3.93. The SMILES string of the molecule is CN1C(=O)[C@@H](OC(N)=O)COc2ccc(C(=O)N3CCC(F)(F)CC3)cc21. The van der Waals surface area contributed by atoms with E-state index >= 15 is 0 Å². The van der Waals surface area contributed by atoms with Crippen molar-refractivity contribution in [1.82, 2.24) is 4.90 Å². The number of rotatable bonds is 2. The van der Waals surface area contributed by atoms with Gasteiger partial charge in [-0.2, -0.15) is 0 Å². The number of likely N-dealkylation sites (tertiary alicyclic amines) is 1. The van der Waals surface area contributed by atoms with Gasteiger partial charge in [0.05, 0.1) is 5.69 Å². The third-order valence-corrected chi connectivity index (χ3v) is 4.60.